The Morgan fingerprint density at radius 3 is 2.46 bits per heavy atom. The third-order valence-electron chi connectivity index (χ3n) is 3.82. The first kappa shape index (κ1) is 18.0. The summed E-state index contributed by atoms with van der Waals surface area (Å²) in [7, 11) is 0. The van der Waals surface area contributed by atoms with E-state index in [0.29, 0.717) is 16.7 Å². The Balaban J connectivity index is 2.18. The number of aryl methyl sites for hydroxylation is 1. The number of rotatable bonds is 3. The Morgan fingerprint density at radius 1 is 1.15 bits per heavy atom. The molecule has 1 aromatic carbocycles. The molecule has 132 valence electrons. The van der Waals surface area contributed by atoms with E-state index >= 15 is 0 Å². The molecule has 0 bridgehead atoms. The summed E-state index contributed by atoms with van der Waals surface area (Å²) < 4.78 is 40.7. The lowest BCUT2D eigenvalue weighted by atomic mass is 10.0. The van der Waals surface area contributed by atoms with Gasteiger partial charge in [-0.2, -0.15) is 23.5 Å². The number of benzene rings is 1. The van der Waals surface area contributed by atoms with Crippen molar-refractivity contribution in [2.75, 3.05) is 6.26 Å². The molecule has 0 aliphatic carbocycles. The van der Waals surface area contributed by atoms with Crippen molar-refractivity contribution in [2.45, 2.75) is 18.0 Å². The fourth-order valence-electron chi connectivity index (χ4n) is 2.47. The molecule has 0 atom stereocenters. The highest BCUT2D eigenvalue weighted by molar-refractivity contribution is 7.98. The molecule has 0 aliphatic heterocycles. The van der Waals surface area contributed by atoms with E-state index < -0.39 is 11.9 Å². The van der Waals surface area contributed by atoms with Crippen LogP contribution in [0.4, 0.5) is 13.2 Å². The van der Waals surface area contributed by atoms with Crippen molar-refractivity contribution in [1.29, 1.82) is 5.26 Å². The van der Waals surface area contributed by atoms with E-state index in [0.717, 1.165) is 11.0 Å². The molecule has 0 spiro atoms. The molecule has 0 radical (unpaired) electrons. The zero-order valence-electron chi connectivity index (χ0n) is 13.9. The summed E-state index contributed by atoms with van der Waals surface area (Å²) in [6, 6.07) is 11.3. The molecule has 3 rings (SSSR count). The Kier molecular flexibility index (Phi) is 4.74. The van der Waals surface area contributed by atoms with Crippen LogP contribution in [0.3, 0.4) is 0 Å². The van der Waals surface area contributed by atoms with Crippen LogP contribution in [0, 0.1) is 18.3 Å². The average molecular weight is 374 g/mol. The van der Waals surface area contributed by atoms with Gasteiger partial charge in [0.15, 0.2) is 11.5 Å². The smallest absolute Gasteiger partial charge is 0.236 e. The summed E-state index contributed by atoms with van der Waals surface area (Å²) in [4.78, 5) is 5.11. The molecule has 0 saturated heterocycles. The third-order valence-corrected chi connectivity index (χ3v) is 4.53. The molecule has 2 aromatic heterocycles. The average Bonchev–Trinajstić information content (AvgIpc) is 3.07. The summed E-state index contributed by atoms with van der Waals surface area (Å²) in [5, 5.41) is 12.8. The molecule has 2 heterocycles. The van der Waals surface area contributed by atoms with Crippen LogP contribution in [0.5, 0.6) is 0 Å². The van der Waals surface area contributed by atoms with Crippen LogP contribution in [0.1, 0.15) is 16.8 Å². The molecule has 3 aromatic rings. The van der Waals surface area contributed by atoms with Crippen molar-refractivity contribution in [2.24, 2.45) is 0 Å². The first-order valence-corrected chi connectivity index (χ1v) is 8.75. The van der Waals surface area contributed by atoms with Gasteiger partial charge in [0.2, 0.25) is 0 Å². The third kappa shape index (κ3) is 3.44. The fourth-order valence-corrected chi connectivity index (χ4v) is 2.83. The molecular formula is C18H13F3N4S. The molecule has 0 N–H and O–H groups in total. The van der Waals surface area contributed by atoms with Gasteiger partial charge in [0.05, 0.1) is 17.3 Å². The Hall–Kier alpha value is -2.79. The van der Waals surface area contributed by atoms with Crippen molar-refractivity contribution in [3.63, 3.8) is 0 Å². The van der Waals surface area contributed by atoms with E-state index in [1.165, 1.54) is 16.4 Å². The summed E-state index contributed by atoms with van der Waals surface area (Å²) in [6.45, 7) is 1.74. The number of nitrogens with zero attached hydrogens (tertiary/aromatic N) is 4. The lowest BCUT2D eigenvalue weighted by Gasteiger charge is -2.08. The predicted octanol–water partition coefficient (Wildman–Crippen LogP) is 4.86. The van der Waals surface area contributed by atoms with Gasteiger partial charge in [0.1, 0.15) is 0 Å². The largest absolute Gasteiger partial charge is 0.435 e. The highest BCUT2D eigenvalue weighted by Crippen LogP contribution is 2.33. The predicted molar refractivity (Wildman–Crippen MR) is 93.0 cm³/mol. The van der Waals surface area contributed by atoms with Crippen LogP contribution in [0.15, 0.2) is 47.5 Å². The fraction of sp³-hybridized carbons (Fsp3) is 0.167. The van der Waals surface area contributed by atoms with Crippen LogP contribution in [0.2, 0.25) is 0 Å². The Labute approximate surface area is 152 Å². The number of halogens is 3. The molecule has 0 aliphatic rings. The van der Waals surface area contributed by atoms with Crippen LogP contribution in [0.25, 0.3) is 17.1 Å². The lowest BCUT2D eigenvalue weighted by Crippen LogP contribution is -2.08. The molecular weight excluding hydrogens is 361 g/mol. The van der Waals surface area contributed by atoms with Crippen LogP contribution in [-0.4, -0.2) is 21.0 Å². The molecule has 0 amide bonds. The molecule has 0 saturated carbocycles. The maximum atomic E-state index is 13.2. The zero-order chi connectivity index (χ0) is 18.9. The maximum Gasteiger partial charge on any atom is 0.435 e. The van der Waals surface area contributed by atoms with E-state index in [2.05, 4.69) is 10.1 Å². The normalized spacial score (nSPS) is 11.4. The van der Waals surface area contributed by atoms with Gasteiger partial charge in [-0.25, -0.2) is 9.67 Å². The SMILES string of the molecule is CSc1ccc(-n2nc(C(F)(F)F)cc2-c2ccc(C#N)c(C)c2)nc1. The summed E-state index contributed by atoms with van der Waals surface area (Å²) in [6.07, 6.45) is -1.10. The zero-order valence-corrected chi connectivity index (χ0v) is 14.7. The van der Waals surface area contributed by atoms with Gasteiger partial charge >= 0.3 is 6.18 Å². The van der Waals surface area contributed by atoms with Gasteiger partial charge in [-0.1, -0.05) is 6.07 Å². The van der Waals surface area contributed by atoms with Gasteiger partial charge in [0.25, 0.3) is 0 Å². The van der Waals surface area contributed by atoms with E-state index in [1.807, 2.05) is 12.3 Å². The van der Waals surface area contributed by atoms with Crippen molar-refractivity contribution < 1.29 is 13.2 Å². The monoisotopic (exact) mass is 374 g/mol. The molecule has 8 heteroatoms. The summed E-state index contributed by atoms with van der Waals surface area (Å²) in [5.41, 5.74) is 0.940. The minimum atomic E-state index is -4.57. The van der Waals surface area contributed by atoms with Gasteiger partial charge in [-0.15, -0.1) is 11.8 Å². The topological polar surface area (TPSA) is 54.5 Å². The summed E-state index contributed by atoms with van der Waals surface area (Å²) in [5.74, 6) is 0.287. The summed E-state index contributed by atoms with van der Waals surface area (Å²) >= 11 is 1.49. The number of hydrogen-bond acceptors (Lipinski definition) is 4. The van der Waals surface area contributed by atoms with Crippen LogP contribution >= 0.6 is 11.8 Å². The minimum absolute atomic E-state index is 0.259. The standard InChI is InChI=1S/C18H13F3N4S/c1-11-7-12(3-4-13(11)9-22)15-8-16(18(19,20)21)24-25(15)17-6-5-14(26-2)10-23-17/h3-8,10H,1-2H3. The van der Waals surface area contributed by atoms with Gasteiger partial charge < -0.3 is 0 Å². The van der Waals surface area contributed by atoms with E-state index in [9.17, 15) is 13.2 Å². The number of alkyl halides is 3. The van der Waals surface area contributed by atoms with E-state index in [1.54, 1.807) is 43.5 Å². The van der Waals surface area contributed by atoms with Crippen molar-refractivity contribution in [3.05, 3.63) is 59.4 Å². The second-order valence-corrected chi connectivity index (χ2v) is 6.40. The Bertz CT molecular complexity index is 985. The highest BCUT2D eigenvalue weighted by Gasteiger charge is 2.35. The molecule has 26 heavy (non-hydrogen) atoms. The Morgan fingerprint density at radius 2 is 1.92 bits per heavy atom. The number of nitriles is 1. The molecule has 0 fully saturated rings. The molecule has 4 nitrogen and oxygen atoms in total. The molecule has 0 unspecified atom stereocenters. The number of thioether (sulfide) groups is 1. The van der Waals surface area contributed by atoms with E-state index in [4.69, 9.17) is 5.26 Å². The van der Waals surface area contributed by atoms with Gasteiger partial charge in [-0.3, -0.25) is 0 Å². The quantitative estimate of drug-likeness (QED) is 0.615. The van der Waals surface area contributed by atoms with E-state index in [-0.39, 0.29) is 11.5 Å². The number of pyridine rings is 1. The van der Waals surface area contributed by atoms with Crippen LogP contribution in [-0.2, 0) is 6.18 Å². The number of hydrogen-bond donors (Lipinski definition) is 0. The second kappa shape index (κ2) is 6.84. The highest BCUT2D eigenvalue weighted by atomic mass is 32.2. The first-order chi connectivity index (χ1) is 12.3. The lowest BCUT2D eigenvalue weighted by molar-refractivity contribution is -0.141. The minimum Gasteiger partial charge on any atom is -0.236 e. The van der Waals surface area contributed by atoms with Gasteiger partial charge in [-0.05, 0) is 49.1 Å². The first-order valence-electron chi connectivity index (χ1n) is 7.52. The van der Waals surface area contributed by atoms with Crippen molar-refractivity contribution in [1.82, 2.24) is 14.8 Å². The van der Waals surface area contributed by atoms with Crippen LogP contribution < -0.4 is 0 Å². The second-order valence-electron chi connectivity index (χ2n) is 5.52. The number of aromatic nitrogens is 3. The van der Waals surface area contributed by atoms with Gasteiger partial charge in [0, 0.05) is 16.7 Å². The van der Waals surface area contributed by atoms with Crippen molar-refractivity contribution >= 4 is 11.8 Å². The maximum absolute atomic E-state index is 13.2. The van der Waals surface area contributed by atoms with Crippen molar-refractivity contribution in [3.8, 4) is 23.1 Å².